The molecule has 0 aliphatic carbocycles. The number of anilines is 2. The maximum absolute atomic E-state index is 13.2. The minimum atomic E-state index is -4.44. The lowest BCUT2D eigenvalue weighted by Gasteiger charge is -2.39. The molecule has 2 aliphatic rings. The highest BCUT2D eigenvalue weighted by atomic mass is 28.4. The standard InChI is InChI=1S/C19H29F3N2OSi/c1-18(2,26(3,4)25)11-12-9-13-6-8-17(12)24(13)14-5-7-16(23)15(10-14)19(20,21)22/h5,7,10,12-13,17,25H,6,8-9,11,23H2,1-4H3. The minimum Gasteiger partial charge on any atom is -0.432 e. The maximum Gasteiger partial charge on any atom is 0.418 e. The van der Waals surface area contributed by atoms with Crippen LogP contribution in [0.25, 0.3) is 0 Å². The monoisotopic (exact) mass is 386 g/mol. The van der Waals surface area contributed by atoms with Crippen LogP contribution in [-0.4, -0.2) is 25.2 Å². The molecule has 2 saturated heterocycles. The van der Waals surface area contributed by atoms with Crippen molar-refractivity contribution in [1.82, 2.24) is 0 Å². The molecule has 2 bridgehead atoms. The molecule has 1 aromatic carbocycles. The average molecular weight is 387 g/mol. The summed E-state index contributed by atoms with van der Waals surface area (Å²) in [5.74, 6) is 0.412. The van der Waals surface area contributed by atoms with E-state index in [4.69, 9.17) is 5.73 Å². The fourth-order valence-corrected chi connectivity index (χ4v) is 5.35. The van der Waals surface area contributed by atoms with E-state index in [1.165, 1.54) is 12.1 Å². The van der Waals surface area contributed by atoms with Crippen LogP contribution in [0, 0.1) is 5.92 Å². The number of alkyl halides is 3. The van der Waals surface area contributed by atoms with Gasteiger partial charge in [-0.15, -0.1) is 0 Å². The second-order valence-corrected chi connectivity index (χ2v) is 13.6. The first-order chi connectivity index (χ1) is 11.8. The second-order valence-electron chi connectivity index (χ2n) is 9.12. The molecule has 3 rings (SSSR count). The zero-order chi connectivity index (χ0) is 19.5. The Morgan fingerprint density at radius 1 is 1.23 bits per heavy atom. The van der Waals surface area contributed by atoms with E-state index in [1.54, 1.807) is 6.07 Å². The lowest BCUT2D eigenvalue weighted by molar-refractivity contribution is -0.136. The van der Waals surface area contributed by atoms with Gasteiger partial charge in [0, 0.05) is 23.5 Å². The third-order valence-corrected chi connectivity index (χ3v) is 10.3. The number of nitrogens with zero attached hydrogens (tertiary/aromatic N) is 1. The zero-order valence-electron chi connectivity index (χ0n) is 15.9. The molecule has 3 atom stereocenters. The van der Waals surface area contributed by atoms with Crippen molar-refractivity contribution < 1.29 is 18.0 Å². The van der Waals surface area contributed by atoms with Crippen molar-refractivity contribution in [1.29, 1.82) is 0 Å². The first-order valence-corrected chi connectivity index (χ1v) is 12.2. The number of nitrogens with two attached hydrogens (primary N) is 1. The van der Waals surface area contributed by atoms with Crippen LogP contribution >= 0.6 is 0 Å². The van der Waals surface area contributed by atoms with Crippen molar-refractivity contribution in [2.45, 2.75) is 75.9 Å². The molecule has 2 fully saturated rings. The van der Waals surface area contributed by atoms with Gasteiger partial charge in [0.1, 0.15) is 0 Å². The average Bonchev–Trinajstić information content (AvgIpc) is 3.02. The lowest BCUT2D eigenvalue weighted by atomic mass is 9.83. The quantitative estimate of drug-likeness (QED) is 0.565. The topological polar surface area (TPSA) is 49.5 Å². The Morgan fingerprint density at radius 2 is 1.88 bits per heavy atom. The molecule has 0 saturated carbocycles. The first-order valence-electron chi connectivity index (χ1n) is 9.29. The number of rotatable bonds is 4. The lowest BCUT2D eigenvalue weighted by Crippen LogP contribution is -2.41. The van der Waals surface area contributed by atoms with Crippen LogP contribution in [0.1, 0.15) is 45.1 Å². The van der Waals surface area contributed by atoms with Crippen LogP contribution in [-0.2, 0) is 6.18 Å². The van der Waals surface area contributed by atoms with E-state index in [0.717, 1.165) is 25.7 Å². The highest BCUT2D eigenvalue weighted by Gasteiger charge is 2.50. The van der Waals surface area contributed by atoms with E-state index in [0.29, 0.717) is 11.6 Å². The highest BCUT2D eigenvalue weighted by Crippen LogP contribution is 2.52. The Morgan fingerprint density at radius 3 is 2.46 bits per heavy atom. The predicted octanol–water partition coefficient (Wildman–Crippen LogP) is 5.01. The van der Waals surface area contributed by atoms with Crippen molar-refractivity contribution in [3.63, 3.8) is 0 Å². The largest absolute Gasteiger partial charge is 0.432 e. The summed E-state index contributed by atoms with van der Waals surface area (Å²) in [6.07, 6.45) is -0.504. The van der Waals surface area contributed by atoms with Gasteiger partial charge in [-0.25, -0.2) is 0 Å². The van der Waals surface area contributed by atoms with Gasteiger partial charge < -0.3 is 15.4 Å². The molecule has 0 amide bonds. The molecular formula is C19H29F3N2OSi. The third-order valence-electron chi connectivity index (χ3n) is 6.73. The van der Waals surface area contributed by atoms with Crippen molar-refractivity contribution >= 4 is 19.7 Å². The van der Waals surface area contributed by atoms with Crippen molar-refractivity contribution in [2.75, 3.05) is 10.6 Å². The van der Waals surface area contributed by atoms with Crippen LogP contribution in [0.4, 0.5) is 24.5 Å². The highest BCUT2D eigenvalue weighted by molar-refractivity contribution is 6.72. The summed E-state index contributed by atoms with van der Waals surface area (Å²) in [5, 5.41) is -0.119. The molecule has 0 radical (unpaired) electrons. The van der Waals surface area contributed by atoms with Crippen LogP contribution in [0.3, 0.4) is 0 Å². The van der Waals surface area contributed by atoms with Crippen LogP contribution in [0.2, 0.25) is 18.1 Å². The Labute approximate surface area is 154 Å². The number of hydrogen-bond acceptors (Lipinski definition) is 3. The Balaban J connectivity index is 1.86. The predicted molar refractivity (Wildman–Crippen MR) is 102 cm³/mol. The van der Waals surface area contributed by atoms with E-state index in [-0.39, 0.29) is 22.8 Å². The van der Waals surface area contributed by atoms with Gasteiger partial charge in [-0.1, -0.05) is 13.8 Å². The minimum absolute atomic E-state index is 0.119. The number of benzene rings is 1. The fourth-order valence-electron chi connectivity index (χ4n) is 4.59. The van der Waals surface area contributed by atoms with E-state index >= 15 is 0 Å². The third kappa shape index (κ3) is 3.35. The van der Waals surface area contributed by atoms with Crippen LogP contribution in [0.15, 0.2) is 18.2 Å². The summed E-state index contributed by atoms with van der Waals surface area (Å²) in [7, 11) is -2.31. The summed E-state index contributed by atoms with van der Waals surface area (Å²) < 4.78 is 39.7. The zero-order valence-corrected chi connectivity index (χ0v) is 16.9. The van der Waals surface area contributed by atoms with Gasteiger partial charge in [0.2, 0.25) is 0 Å². The molecule has 0 spiro atoms. The molecular weight excluding hydrogens is 357 g/mol. The molecule has 146 valence electrons. The molecule has 3 unspecified atom stereocenters. The maximum atomic E-state index is 13.2. The van der Waals surface area contributed by atoms with Gasteiger partial charge in [-0.05, 0) is 67.9 Å². The Hall–Kier alpha value is -1.21. The van der Waals surface area contributed by atoms with Gasteiger partial charge in [0.25, 0.3) is 0 Å². The van der Waals surface area contributed by atoms with Gasteiger partial charge >= 0.3 is 6.18 Å². The van der Waals surface area contributed by atoms with Gasteiger partial charge in [0.15, 0.2) is 8.32 Å². The number of halogens is 3. The fraction of sp³-hybridized carbons (Fsp3) is 0.684. The van der Waals surface area contributed by atoms with Crippen molar-refractivity contribution in [3.05, 3.63) is 23.8 Å². The smallest absolute Gasteiger partial charge is 0.418 e. The van der Waals surface area contributed by atoms with Crippen LogP contribution < -0.4 is 10.6 Å². The first kappa shape index (κ1) is 19.5. The van der Waals surface area contributed by atoms with E-state index in [1.807, 2.05) is 13.1 Å². The number of fused-ring (bicyclic) bond motifs is 2. The SMILES string of the molecule is CC(C)(CC1CC2CCC1N2c1ccc(N)c(C(F)(F)F)c1)[Si](C)(C)O. The number of nitrogen functional groups attached to an aromatic ring is 1. The van der Waals surface area contributed by atoms with Gasteiger partial charge in [0.05, 0.1) is 5.56 Å². The normalized spacial score (nSPS) is 26.6. The summed E-state index contributed by atoms with van der Waals surface area (Å²) in [5.41, 5.74) is 5.21. The molecule has 1 aromatic rings. The van der Waals surface area contributed by atoms with E-state index in [9.17, 15) is 18.0 Å². The van der Waals surface area contributed by atoms with Crippen molar-refractivity contribution in [3.8, 4) is 0 Å². The molecule has 3 nitrogen and oxygen atoms in total. The van der Waals surface area contributed by atoms with Crippen LogP contribution in [0.5, 0.6) is 0 Å². The molecule has 0 aromatic heterocycles. The molecule has 7 heteroatoms. The van der Waals surface area contributed by atoms with Crippen molar-refractivity contribution in [2.24, 2.45) is 5.92 Å². The van der Waals surface area contributed by atoms with E-state index < -0.39 is 20.1 Å². The van der Waals surface area contributed by atoms with Gasteiger partial charge in [-0.2, -0.15) is 13.2 Å². The molecule has 26 heavy (non-hydrogen) atoms. The number of hydrogen-bond donors (Lipinski definition) is 2. The Bertz CT molecular complexity index is 684. The van der Waals surface area contributed by atoms with Gasteiger partial charge in [-0.3, -0.25) is 0 Å². The summed E-state index contributed by atoms with van der Waals surface area (Å²) >= 11 is 0. The van der Waals surface area contributed by atoms with E-state index in [2.05, 4.69) is 18.7 Å². The molecule has 3 N–H and O–H groups in total. The summed E-state index contributed by atoms with van der Waals surface area (Å²) in [6, 6.07) is 4.83. The molecule has 2 aliphatic heterocycles. The molecule has 2 heterocycles. The summed E-state index contributed by atoms with van der Waals surface area (Å²) in [4.78, 5) is 12.8. The summed E-state index contributed by atoms with van der Waals surface area (Å²) in [6.45, 7) is 8.18. The second kappa shape index (κ2) is 6.16. The Kier molecular flexibility index (Phi) is 4.63.